The monoisotopic (exact) mass is 381 g/mol. The fourth-order valence-corrected chi connectivity index (χ4v) is 4.89. The van der Waals surface area contributed by atoms with Crippen molar-refractivity contribution in [1.29, 1.82) is 0 Å². The van der Waals surface area contributed by atoms with Crippen LogP contribution in [0.2, 0.25) is 0 Å². The zero-order valence-corrected chi connectivity index (χ0v) is 17.0. The van der Waals surface area contributed by atoms with Gasteiger partial charge in [0.05, 0.1) is 4.90 Å². The van der Waals surface area contributed by atoms with Crippen LogP contribution < -0.4 is 10.6 Å². The molecule has 0 unspecified atom stereocenters. The fraction of sp³-hybridized carbons (Fsp3) is 0.632. The molecule has 2 N–H and O–H groups in total. The second kappa shape index (κ2) is 8.39. The summed E-state index contributed by atoms with van der Waals surface area (Å²) in [5.41, 5.74) is 0.739. The highest BCUT2D eigenvalue weighted by molar-refractivity contribution is 7.89. The molecule has 2 amide bonds. The van der Waals surface area contributed by atoms with Gasteiger partial charge in [-0.2, -0.15) is 4.31 Å². The van der Waals surface area contributed by atoms with Gasteiger partial charge in [0.25, 0.3) is 0 Å². The summed E-state index contributed by atoms with van der Waals surface area (Å²) < 4.78 is 27.7. The summed E-state index contributed by atoms with van der Waals surface area (Å²) in [4.78, 5) is 12.2. The van der Waals surface area contributed by atoms with Crippen molar-refractivity contribution in [2.24, 2.45) is 0 Å². The van der Waals surface area contributed by atoms with Crippen molar-refractivity contribution in [3.63, 3.8) is 0 Å². The number of hydrogen-bond acceptors (Lipinski definition) is 3. The van der Waals surface area contributed by atoms with E-state index >= 15 is 0 Å². The van der Waals surface area contributed by atoms with Crippen LogP contribution in [-0.2, 0) is 10.0 Å². The number of nitrogens with one attached hydrogen (secondary N) is 2. The van der Waals surface area contributed by atoms with Crippen molar-refractivity contribution >= 4 is 16.1 Å². The first-order valence-corrected chi connectivity index (χ1v) is 10.7. The number of urea groups is 1. The summed E-state index contributed by atoms with van der Waals surface area (Å²) >= 11 is 0. The zero-order valence-electron chi connectivity index (χ0n) is 16.2. The number of carbonyl (C=O) groups is 1. The Hall–Kier alpha value is -1.60. The molecule has 1 atom stereocenters. The Morgan fingerprint density at radius 1 is 1.19 bits per heavy atom. The van der Waals surface area contributed by atoms with Crippen LogP contribution in [0, 0.1) is 6.92 Å². The minimum atomic E-state index is -3.50. The zero-order chi connectivity index (χ0) is 19.4. The first-order chi connectivity index (χ1) is 12.1. The van der Waals surface area contributed by atoms with E-state index in [1.807, 2.05) is 39.8 Å². The molecule has 1 heterocycles. The Balaban J connectivity index is 2.01. The Morgan fingerprint density at radius 2 is 1.85 bits per heavy atom. The van der Waals surface area contributed by atoms with Gasteiger partial charge in [0.15, 0.2) is 0 Å². The van der Waals surface area contributed by atoms with Crippen LogP contribution in [-0.4, -0.2) is 43.4 Å². The van der Waals surface area contributed by atoms with E-state index in [0.717, 1.165) is 24.8 Å². The first-order valence-electron chi connectivity index (χ1n) is 9.24. The Bertz CT molecular complexity index is 709. The molecule has 1 aliphatic rings. The van der Waals surface area contributed by atoms with E-state index in [0.29, 0.717) is 24.4 Å². The Kier molecular flexibility index (Phi) is 6.69. The predicted molar refractivity (Wildman–Crippen MR) is 104 cm³/mol. The van der Waals surface area contributed by atoms with E-state index in [1.54, 1.807) is 16.4 Å². The van der Waals surface area contributed by atoms with Gasteiger partial charge in [-0.25, -0.2) is 13.2 Å². The molecule has 0 spiro atoms. The summed E-state index contributed by atoms with van der Waals surface area (Å²) in [5, 5.41) is 5.68. The lowest BCUT2D eigenvalue weighted by Crippen LogP contribution is -2.48. The molecule has 1 saturated heterocycles. The summed E-state index contributed by atoms with van der Waals surface area (Å²) in [5.74, 6) is 0. The molecule has 7 heteroatoms. The lowest BCUT2D eigenvalue weighted by Gasteiger charge is -2.35. The van der Waals surface area contributed by atoms with Crippen molar-refractivity contribution in [3.05, 3.63) is 29.8 Å². The lowest BCUT2D eigenvalue weighted by molar-refractivity contribution is 0.223. The molecular weight excluding hydrogens is 350 g/mol. The standard InChI is InChI=1S/C19H31N3O3S/c1-15-8-10-17(11-9-15)26(24,25)22-14-6-5-7-16(22)12-13-20-18(23)21-19(2,3)4/h8-11,16H,5-7,12-14H2,1-4H3,(H2,20,21,23)/t16-/m0/s1. The van der Waals surface area contributed by atoms with E-state index < -0.39 is 10.0 Å². The Morgan fingerprint density at radius 3 is 2.46 bits per heavy atom. The molecular formula is C19H31N3O3S. The second-order valence-electron chi connectivity index (χ2n) is 8.00. The van der Waals surface area contributed by atoms with Crippen molar-refractivity contribution < 1.29 is 13.2 Å². The highest BCUT2D eigenvalue weighted by atomic mass is 32.2. The molecule has 0 aliphatic carbocycles. The highest BCUT2D eigenvalue weighted by Crippen LogP contribution is 2.27. The van der Waals surface area contributed by atoms with Crippen molar-refractivity contribution in [1.82, 2.24) is 14.9 Å². The average Bonchev–Trinajstić information content (AvgIpc) is 2.54. The molecule has 1 aliphatic heterocycles. The molecule has 26 heavy (non-hydrogen) atoms. The number of carbonyl (C=O) groups excluding carboxylic acids is 1. The first kappa shape index (κ1) is 20.7. The van der Waals surface area contributed by atoms with Crippen LogP contribution in [0.3, 0.4) is 0 Å². The molecule has 2 rings (SSSR count). The van der Waals surface area contributed by atoms with E-state index in [2.05, 4.69) is 10.6 Å². The van der Waals surface area contributed by atoms with Crippen molar-refractivity contribution in [3.8, 4) is 0 Å². The third-order valence-corrected chi connectivity index (χ3v) is 6.42. The van der Waals surface area contributed by atoms with Gasteiger partial charge in [-0.15, -0.1) is 0 Å². The largest absolute Gasteiger partial charge is 0.338 e. The lowest BCUT2D eigenvalue weighted by atomic mass is 10.0. The third kappa shape index (κ3) is 5.71. The van der Waals surface area contributed by atoms with Gasteiger partial charge < -0.3 is 10.6 Å². The van der Waals surface area contributed by atoms with Crippen LogP contribution in [0.15, 0.2) is 29.2 Å². The number of amides is 2. The minimum Gasteiger partial charge on any atom is -0.338 e. The summed E-state index contributed by atoms with van der Waals surface area (Å²) in [6.07, 6.45) is 3.33. The van der Waals surface area contributed by atoms with Crippen LogP contribution >= 0.6 is 0 Å². The predicted octanol–water partition coefficient (Wildman–Crippen LogP) is 3.03. The number of nitrogens with zero attached hydrogens (tertiary/aromatic N) is 1. The Labute approximate surface area is 157 Å². The van der Waals surface area contributed by atoms with Gasteiger partial charge in [0.2, 0.25) is 10.0 Å². The smallest absolute Gasteiger partial charge is 0.315 e. The molecule has 0 aromatic heterocycles. The molecule has 0 radical (unpaired) electrons. The molecule has 0 bridgehead atoms. The normalized spacial score (nSPS) is 19.2. The molecule has 1 aromatic carbocycles. The minimum absolute atomic E-state index is 0.0787. The highest BCUT2D eigenvalue weighted by Gasteiger charge is 2.33. The number of piperidine rings is 1. The molecule has 0 saturated carbocycles. The molecule has 146 valence electrons. The van der Waals surface area contributed by atoms with Gasteiger partial charge in [0.1, 0.15) is 0 Å². The van der Waals surface area contributed by atoms with Crippen LogP contribution in [0.4, 0.5) is 4.79 Å². The maximum Gasteiger partial charge on any atom is 0.315 e. The van der Waals surface area contributed by atoms with E-state index in [-0.39, 0.29) is 17.6 Å². The van der Waals surface area contributed by atoms with E-state index in [4.69, 9.17) is 0 Å². The SMILES string of the molecule is Cc1ccc(S(=O)(=O)N2CCCC[C@H]2CCNC(=O)NC(C)(C)C)cc1. The van der Waals surface area contributed by atoms with Gasteiger partial charge in [-0.1, -0.05) is 24.1 Å². The number of benzene rings is 1. The maximum absolute atomic E-state index is 13.0. The van der Waals surface area contributed by atoms with E-state index in [1.165, 1.54) is 0 Å². The summed E-state index contributed by atoms with van der Waals surface area (Å²) in [6.45, 7) is 8.69. The molecule has 6 nitrogen and oxygen atoms in total. The van der Waals surface area contributed by atoms with Gasteiger partial charge in [-0.3, -0.25) is 0 Å². The molecule has 1 aromatic rings. The number of sulfonamides is 1. The third-order valence-electron chi connectivity index (χ3n) is 4.45. The number of aryl methyl sites for hydroxylation is 1. The average molecular weight is 382 g/mol. The second-order valence-corrected chi connectivity index (χ2v) is 9.89. The summed E-state index contributed by atoms with van der Waals surface area (Å²) in [7, 11) is -3.50. The summed E-state index contributed by atoms with van der Waals surface area (Å²) in [6, 6.07) is 6.69. The topological polar surface area (TPSA) is 78.5 Å². The quantitative estimate of drug-likeness (QED) is 0.823. The van der Waals surface area contributed by atoms with E-state index in [9.17, 15) is 13.2 Å². The van der Waals surface area contributed by atoms with Gasteiger partial charge >= 0.3 is 6.03 Å². The number of rotatable bonds is 5. The van der Waals surface area contributed by atoms with Crippen LogP contribution in [0.5, 0.6) is 0 Å². The number of hydrogen-bond donors (Lipinski definition) is 2. The molecule has 1 fully saturated rings. The van der Waals surface area contributed by atoms with Crippen molar-refractivity contribution in [2.45, 2.75) is 69.9 Å². The van der Waals surface area contributed by atoms with Gasteiger partial charge in [0, 0.05) is 24.7 Å². The van der Waals surface area contributed by atoms with Crippen molar-refractivity contribution in [2.75, 3.05) is 13.1 Å². The van der Waals surface area contributed by atoms with Crippen LogP contribution in [0.1, 0.15) is 52.0 Å². The van der Waals surface area contributed by atoms with Gasteiger partial charge in [-0.05, 0) is 59.1 Å². The maximum atomic E-state index is 13.0. The van der Waals surface area contributed by atoms with Crippen LogP contribution in [0.25, 0.3) is 0 Å². The fourth-order valence-electron chi connectivity index (χ4n) is 3.16.